The van der Waals surface area contributed by atoms with Crippen LogP contribution < -0.4 is 5.32 Å². The van der Waals surface area contributed by atoms with Crippen molar-refractivity contribution in [3.05, 3.63) is 83.7 Å². The first-order valence-corrected chi connectivity index (χ1v) is 11.0. The molecule has 0 spiro atoms. The Balaban J connectivity index is 1.54. The molecule has 7 heteroatoms. The number of carbonyl (C=O) groups is 1. The van der Waals surface area contributed by atoms with Gasteiger partial charge in [0.25, 0.3) is 0 Å². The fraction of sp³-hybridized carbons (Fsp3) is 0.136. The summed E-state index contributed by atoms with van der Waals surface area (Å²) in [6.45, 7) is 2.40. The van der Waals surface area contributed by atoms with Crippen LogP contribution in [0.4, 0.5) is 0 Å². The second-order valence-electron chi connectivity index (χ2n) is 6.42. The Hall–Kier alpha value is -2.90. The Kier molecular flexibility index (Phi) is 6.07. The minimum Gasteiger partial charge on any atom is -0.351 e. The number of para-hydroxylation sites is 1. The number of hydrogen-bond donors (Lipinski definition) is 1. The summed E-state index contributed by atoms with van der Waals surface area (Å²) in [5, 5.41) is 14.2. The van der Waals surface area contributed by atoms with Gasteiger partial charge in [0.05, 0.1) is 10.1 Å². The van der Waals surface area contributed by atoms with Crippen molar-refractivity contribution in [2.75, 3.05) is 0 Å². The Morgan fingerprint density at radius 3 is 2.45 bits per heavy atom. The Morgan fingerprint density at radius 1 is 1.03 bits per heavy atom. The van der Waals surface area contributed by atoms with Crippen LogP contribution in [0.3, 0.4) is 0 Å². The maximum Gasteiger partial charge on any atom is 0.233 e. The molecule has 0 aliphatic rings. The summed E-state index contributed by atoms with van der Waals surface area (Å²) in [5.41, 5.74) is 2.05. The third-order valence-corrected chi connectivity index (χ3v) is 6.26. The maximum absolute atomic E-state index is 12.6. The third-order valence-electron chi connectivity index (χ3n) is 4.35. The summed E-state index contributed by atoms with van der Waals surface area (Å²) in [7, 11) is 0. The minimum absolute atomic E-state index is 0.0286. The number of nitrogens with zero attached hydrogens (tertiary/aromatic N) is 3. The number of benzene rings is 2. The maximum atomic E-state index is 12.6. The zero-order chi connectivity index (χ0) is 20.1. The highest BCUT2D eigenvalue weighted by Crippen LogP contribution is 2.32. The van der Waals surface area contributed by atoms with E-state index in [2.05, 4.69) is 15.5 Å². The molecule has 5 nitrogen and oxygen atoms in total. The molecule has 0 aliphatic carbocycles. The van der Waals surface area contributed by atoms with Gasteiger partial charge in [-0.25, -0.2) is 0 Å². The Morgan fingerprint density at radius 2 is 1.76 bits per heavy atom. The van der Waals surface area contributed by atoms with Crippen molar-refractivity contribution < 1.29 is 4.79 Å². The number of carbonyl (C=O) groups excluding carboxylic acids is 1. The predicted molar refractivity (Wildman–Crippen MR) is 118 cm³/mol. The standard InChI is InChI=1S/C22H20N4OS2/c1-16(21(27)23-15-17-9-4-2-5-10-17)29-22-25-24-20(19-13-8-14-28-19)26(22)18-11-6-3-7-12-18/h2-14,16H,15H2,1H3,(H,23,27). The monoisotopic (exact) mass is 420 g/mol. The number of nitrogens with one attached hydrogen (secondary N) is 1. The molecular formula is C22H20N4OS2. The third kappa shape index (κ3) is 4.58. The van der Waals surface area contributed by atoms with E-state index in [4.69, 9.17) is 0 Å². The van der Waals surface area contributed by atoms with E-state index in [-0.39, 0.29) is 11.2 Å². The lowest BCUT2D eigenvalue weighted by Gasteiger charge is -2.13. The molecule has 4 rings (SSSR count). The summed E-state index contributed by atoms with van der Waals surface area (Å²) in [6, 6.07) is 23.9. The van der Waals surface area contributed by atoms with Crippen LogP contribution in [0.2, 0.25) is 0 Å². The second kappa shape index (κ2) is 9.07. The van der Waals surface area contributed by atoms with Crippen molar-refractivity contribution in [3.63, 3.8) is 0 Å². The van der Waals surface area contributed by atoms with Gasteiger partial charge in [-0.2, -0.15) is 0 Å². The van der Waals surface area contributed by atoms with Gasteiger partial charge in [0.1, 0.15) is 0 Å². The molecule has 2 heterocycles. The fourth-order valence-electron chi connectivity index (χ4n) is 2.86. The molecule has 0 bridgehead atoms. The van der Waals surface area contributed by atoms with Crippen LogP contribution in [0.25, 0.3) is 16.4 Å². The molecule has 1 N–H and O–H groups in total. The zero-order valence-corrected chi connectivity index (χ0v) is 17.5. The molecule has 0 saturated carbocycles. The molecule has 4 aromatic rings. The van der Waals surface area contributed by atoms with Crippen LogP contribution in [0.15, 0.2) is 83.3 Å². The molecule has 1 amide bonds. The van der Waals surface area contributed by atoms with E-state index in [0.717, 1.165) is 22.0 Å². The fourth-order valence-corrected chi connectivity index (χ4v) is 4.45. The summed E-state index contributed by atoms with van der Waals surface area (Å²) in [5.74, 6) is 0.754. The molecule has 0 aliphatic heterocycles. The lowest BCUT2D eigenvalue weighted by Crippen LogP contribution is -2.30. The first-order chi connectivity index (χ1) is 14.2. The lowest BCUT2D eigenvalue weighted by molar-refractivity contribution is -0.120. The van der Waals surface area contributed by atoms with E-state index in [1.165, 1.54) is 11.8 Å². The zero-order valence-electron chi connectivity index (χ0n) is 15.9. The molecular weight excluding hydrogens is 400 g/mol. The molecule has 2 aromatic carbocycles. The van der Waals surface area contributed by atoms with Gasteiger partial charge in [0.15, 0.2) is 11.0 Å². The van der Waals surface area contributed by atoms with Gasteiger partial charge < -0.3 is 5.32 Å². The quantitative estimate of drug-likeness (QED) is 0.437. The van der Waals surface area contributed by atoms with Crippen molar-refractivity contribution >= 4 is 29.0 Å². The van der Waals surface area contributed by atoms with Crippen molar-refractivity contribution in [1.29, 1.82) is 0 Å². The van der Waals surface area contributed by atoms with Crippen LogP contribution >= 0.6 is 23.1 Å². The SMILES string of the molecule is CC(Sc1nnc(-c2cccs2)n1-c1ccccc1)C(=O)NCc1ccccc1. The van der Waals surface area contributed by atoms with E-state index in [0.29, 0.717) is 11.7 Å². The van der Waals surface area contributed by atoms with Crippen LogP contribution in [0.5, 0.6) is 0 Å². The van der Waals surface area contributed by atoms with Gasteiger partial charge in [0, 0.05) is 12.2 Å². The first-order valence-electron chi connectivity index (χ1n) is 9.25. The Bertz CT molecular complexity index is 1060. The summed E-state index contributed by atoms with van der Waals surface area (Å²) < 4.78 is 2.01. The van der Waals surface area contributed by atoms with Crippen LogP contribution in [0, 0.1) is 0 Å². The summed E-state index contributed by atoms with van der Waals surface area (Å²) in [6.07, 6.45) is 0. The van der Waals surface area contributed by atoms with Crippen molar-refractivity contribution in [1.82, 2.24) is 20.1 Å². The topological polar surface area (TPSA) is 59.8 Å². The molecule has 29 heavy (non-hydrogen) atoms. The highest BCUT2D eigenvalue weighted by molar-refractivity contribution is 8.00. The smallest absolute Gasteiger partial charge is 0.233 e. The van der Waals surface area contributed by atoms with E-state index in [9.17, 15) is 4.79 Å². The van der Waals surface area contributed by atoms with Gasteiger partial charge in [-0.15, -0.1) is 21.5 Å². The van der Waals surface area contributed by atoms with Crippen LogP contribution in [-0.4, -0.2) is 25.9 Å². The first kappa shape index (κ1) is 19.4. The van der Waals surface area contributed by atoms with Gasteiger partial charge in [-0.1, -0.05) is 66.4 Å². The molecule has 0 fully saturated rings. The number of rotatable bonds is 7. The van der Waals surface area contributed by atoms with Crippen molar-refractivity contribution in [2.24, 2.45) is 0 Å². The number of aromatic nitrogens is 3. The highest BCUT2D eigenvalue weighted by atomic mass is 32.2. The molecule has 0 radical (unpaired) electrons. The number of thiophene rings is 1. The minimum atomic E-state index is -0.304. The van der Waals surface area contributed by atoms with Crippen molar-refractivity contribution in [3.8, 4) is 16.4 Å². The second-order valence-corrected chi connectivity index (χ2v) is 8.67. The van der Waals surface area contributed by atoms with Crippen LogP contribution in [0.1, 0.15) is 12.5 Å². The summed E-state index contributed by atoms with van der Waals surface area (Å²) >= 11 is 3.03. The van der Waals surface area contributed by atoms with Gasteiger partial charge in [0.2, 0.25) is 5.91 Å². The summed E-state index contributed by atoms with van der Waals surface area (Å²) in [4.78, 5) is 13.7. The molecule has 1 unspecified atom stereocenters. The van der Waals surface area contributed by atoms with Gasteiger partial charge in [-0.3, -0.25) is 9.36 Å². The Labute approximate surface area is 177 Å². The number of hydrogen-bond acceptors (Lipinski definition) is 5. The van der Waals surface area contributed by atoms with E-state index < -0.39 is 0 Å². The van der Waals surface area contributed by atoms with Gasteiger partial charge >= 0.3 is 0 Å². The lowest BCUT2D eigenvalue weighted by atomic mass is 10.2. The largest absolute Gasteiger partial charge is 0.351 e. The predicted octanol–water partition coefficient (Wildman–Crippen LogP) is 4.79. The van der Waals surface area contributed by atoms with Crippen molar-refractivity contribution in [2.45, 2.75) is 23.9 Å². The normalized spacial score (nSPS) is 11.9. The molecule has 0 saturated heterocycles. The average molecular weight is 421 g/mol. The van der Waals surface area contributed by atoms with Crippen LogP contribution in [-0.2, 0) is 11.3 Å². The number of thioether (sulfide) groups is 1. The molecule has 2 aromatic heterocycles. The highest BCUT2D eigenvalue weighted by Gasteiger charge is 2.22. The van der Waals surface area contributed by atoms with Gasteiger partial charge in [-0.05, 0) is 36.1 Å². The van der Waals surface area contributed by atoms with E-state index in [1.807, 2.05) is 89.7 Å². The number of amides is 1. The average Bonchev–Trinajstić information content (AvgIpc) is 3.43. The van der Waals surface area contributed by atoms with E-state index in [1.54, 1.807) is 11.3 Å². The molecule has 1 atom stereocenters. The van der Waals surface area contributed by atoms with E-state index >= 15 is 0 Å². The molecule has 146 valence electrons.